The first-order valence-electron chi connectivity index (χ1n) is 8.13. The highest BCUT2D eigenvalue weighted by molar-refractivity contribution is 7.90. The maximum Gasteiger partial charge on any atom is 0.264 e. The monoisotopic (exact) mass is 365 g/mol. The van der Waals surface area contributed by atoms with Gasteiger partial charge in [0.2, 0.25) is 11.8 Å². The lowest BCUT2D eigenvalue weighted by atomic mass is 10.3. The molecule has 0 aliphatic carbocycles. The molecule has 0 aliphatic rings. The zero-order valence-electron chi connectivity index (χ0n) is 15.7. The largest absolute Gasteiger partial charge is 0.326 e. The molecule has 0 aromatic heterocycles. The number of hydrogen-bond donors (Lipinski definition) is 2. The summed E-state index contributed by atoms with van der Waals surface area (Å²) in [6, 6.07) is 15.2. The van der Waals surface area contributed by atoms with Crippen LogP contribution in [0.25, 0.3) is 0 Å². The number of rotatable bonds is 3. The summed E-state index contributed by atoms with van der Waals surface area (Å²) in [7, 11) is -3.82. The Morgan fingerprint density at radius 2 is 1.36 bits per heavy atom. The lowest BCUT2D eigenvalue weighted by molar-refractivity contribution is -0.117. The van der Waals surface area contributed by atoms with Crippen LogP contribution in [0.3, 0.4) is 0 Å². The van der Waals surface area contributed by atoms with E-state index in [2.05, 4.69) is 5.32 Å². The zero-order chi connectivity index (χ0) is 20.2. The van der Waals surface area contributed by atoms with Gasteiger partial charge in [0.25, 0.3) is 10.0 Å². The minimum atomic E-state index is -3.82. The maximum atomic E-state index is 11.6. The van der Waals surface area contributed by atoms with Gasteiger partial charge in [-0.15, -0.1) is 0 Å². The van der Waals surface area contributed by atoms with E-state index in [-0.39, 0.29) is 10.8 Å². The van der Waals surface area contributed by atoms with Crippen molar-refractivity contribution in [1.29, 1.82) is 0 Å². The molecule has 7 heteroatoms. The molecule has 2 aromatic carbocycles. The second kappa shape index (κ2) is 11.8. The number of sulfonamides is 1. The topological polar surface area (TPSA) is 92.3 Å². The van der Waals surface area contributed by atoms with Crippen LogP contribution in [0.15, 0.2) is 65.5 Å². The van der Waals surface area contributed by atoms with E-state index in [4.69, 9.17) is 1.37 Å². The molecule has 0 heterocycles. The van der Waals surface area contributed by atoms with Crippen LogP contribution in [0.5, 0.6) is 0 Å². The molecule has 2 amide bonds. The molecule has 2 aromatic rings. The first kappa shape index (κ1) is 20.4. The van der Waals surface area contributed by atoms with Gasteiger partial charge in [0.1, 0.15) is 0 Å². The quantitative estimate of drug-likeness (QED) is 0.874. The summed E-state index contributed by atoms with van der Waals surface area (Å²) < 4.78 is 32.0. The van der Waals surface area contributed by atoms with Crippen LogP contribution < -0.4 is 10.0 Å². The van der Waals surface area contributed by atoms with E-state index in [1.54, 1.807) is 12.1 Å². The molecular weight excluding hydrogens is 340 g/mol. The highest BCUT2D eigenvalue weighted by Crippen LogP contribution is 2.13. The molecule has 0 unspecified atom stereocenters. The normalized spacial score (nSPS) is 10.0. The van der Waals surface area contributed by atoms with Crippen molar-refractivity contribution < 1.29 is 19.4 Å². The van der Waals surface area contributed by atoms with E-state index in [1.807, 2.05) is 36.8 Å². The second-order valence-corrected chi connectivity index (χ2v) is 6.13. The van der Waals surface area contributed by atoms with Crippen LogP contribution >= 0.6 is 0 Å². The van der Waals surface area contributed by atoms with Gasteiger partial charge in [-0.2, -0.15) is 0 Å². The minimum Gasteiger partial charge on any atom is -0.326 e. The van der Waals surface area contributed by atoms with E-state index in [0.29, 0.717) is 11.7 Å². The molecule has 136 valence electrons. The van der Waals surface area contributed by atoms with Gasteiger partial charge in [0, 0.05) is 19.5 Å². The number of nitrogens with one attached hydrogen (secondary N) is 2. The van der Waals surface area contributed by atoms with Crippen LogP contribution in [0.1, 0.15) is 29.1 Å². The fourth-order valence-corrected chi connectivity index (χ4v) is 2.50. The summed E-state index contributed by atoms with van der Waals surface area (Å²) in [4.78, 5) is 21.4. The Bertz CT molecular complexity index is 792. The number of carbonyl (C=O) groups excluding carboxylic acids is 2. The maximum absolute atomic E-state index is 11.6. The van der Waals surface area contributed by atoms with Crippen molar-refractivity contribution in [3.8, 4) is 0 Å². The van der Waals surface area contributed by atoms with Crippen molar-refractivity contribution in [3.63, 3.8) is 0 Å². The summed E-state index contributed by atoms with van der Waals surface area (Å²) in [5, 5.41) is 2.50. The smallest absolute Gasteiger partial charge is 0.264 e. The third-order valence-corrected chi connectivity index (χ3v) is 3.82. The minimum absolute atomic E-state index is 0.0400. The highest BCUT2D eigenvalue weighted by atomic mass is 32.2. The summed E-state index contributed by atoms with van der Waals surface area (Å²) in [5.41, 5.74) is 0.485. The molecule has 6 nitrogen and oxygen atoms in total. The third-order valence-electron chi connectivity index (χ3n) is 2.37. The summed E-state index contributed by atoms with van der Waals surface area (Å²) in [5.74, 6) is -0.904. The first-order chi connectivity index (χ1) is 12.2. The molecular formula is C18H24N2O4S. The van der Waals surface area contributed by atoms with Gasteiger partial charge in [-0.1, -0.05) is 50.2 Å². The summed E-state index contributed by atoms with van der Waals surface area (Å²) in [6.07, 6.45) is 0. The fourth-order valence-electron chi connectivity index (χ4n) is 1.51. The number of carbonyl (C=O) groups is 2. The van der Waals surface area contributed by atoms with Gasteiger partial charge in [-0.05, 0) is 24.3 Å². The SMILES string of the molecule is CC.CC(=O)Nc1ccc(S(=O)(=O)NC(C)=O)cc1.[2H]c1ccccc1. The van der Waals surface area contributed by atoms with Crippen LogP contribution in [0.2, 0.25) is 0 Å². The van der Waals surface area contributed by atoms with Crippen LogP contribution in [-0.2, 0) is 19.6 Å². The van der Waals surface area contributed by atoms with Crippen molar-refractivity contribution in [1.82, 2.24) is 4.72 Å². The van der Waals surface area contributed by atoms with Crippen molar-refractivity contribution in [2.45, 2.75) is 32.6 Å². The molecule has 0 radical (unpaired) electrons. The Hall–Kier alpha value is -2.67. The number of amides is 2. The standard InChI is InChI=1S/C10H12N2O4S.C6H6.C2H6/c1-7(13)11-9-3-5-10(6-4-9)17(15,16)12-8(2)14;1-2-4-6-5-3-1;1-2/h3-6H,1-2H3,(H,11,13)(H,12,14);1-6H;1-2H3/i;1D;. The van der Waals surface area contributed by atoms with E-state index in [1.165, 1.54) is 31.2 Å². The Morgan fingerprint density at radius 3 is 1.72 bits per heavy atom. The summed E-state index contributed by atoms with van der Waals surface area (Å²) in [6.45, 7) is 6.46. The van der Waals surface area contributed by atoms with Gasteiger partial charge in [0.15, 0.2) is 0 Å². The van der Waals surface area contributed by atoms with Crippen molar-refractivity contribution in [2.24, 2.45) is 0 Å². The van der Waals surface area contributed by atoms with Crippen molar-refractivity contribution in [3.05, 3.63) is 60.6 Å². The lowest BCUT2D eigenvalue weighted by Crippen LogP contribution is -2.28. The lowest BCUT2D eigenvalue weighted by Gasteiger charge is -2.06. The van der Waals surface area contributed by atoms with Gasteiger partial charge < -0.3 is 5.32 Å². The van der Waals surface area contributed by atoms with Gasteiger partial charge in [0.05, 0.1) is 6.27 Å². The van der Waals surface area contributed by atoms with Gasteiger partial charge in [-0.3, -0.25) is 9.59 Å². The Kier molecular flexibility index (Phi) is 9.62. The molecule has 2 rings (SSSR count). The van der Waals surface area contributed by atoms with E-state index < -0.39 is 15.9 Å². The molecule has 0 fully saturated rings. The van der Waals surface area contributed by atoms with Crippen LogP contribution in [0, 0.1) is 0 Å². The van der Waals surface area contributed by atoms with Crippen molar-refractivity contribution >= 4 is 27.5 Å². The third kappa shape index (κ3) is 9.93. The average Bonchev–Trinajstić information content (AvgIpc) is 2.57. The molecule has 0 saturated heterocycles. The Balaban J connectivity index is 0.000000575. The number of anilines is 1. The second-order valence-electron chi connectivity index (χ2n) is 4.44. The highest BCUT2D eigenvalue weighted by Gasteiger charge is 2.14. The first-order valence-corrected chi connectivity index (χ1v) is 9.12. The number of benzene rings is 2. The van der Waals surface area contributed by atoms with Crippen molar-refractivity contribution in [2.75, 3.05) is 5.32 Å². The average molecular weight is 365 g/mol. The molecule has 0 atom stereocenters. The zero-order valence-corrected chi connectivity index (χ0v) is 15.6. The predicted octanol–water partition coefficient (Wildman–Crippen LogP) is 3.18. The van der Waals surface area contributed by atoms with Crippen LogP contribution in [0.4, 0.5) is 5.69 Å². The molecule has 0 spiro atoms. The molecule has 0 saturated carbocycles. The Morgan fingerprint density at radius 1 is 0.880 bits per heavy atom. The van der Waals surface area contributed by atoms with E-state index in [0.717, 1.165) is 6.92 Å². The predicted molar refractivity (Wildman–Crippen MR) is 99.5 cm³/mol. The molecule has 0 aliphatic heterocycles. The van der Waals surface area contributed by atoms with Gasteiger partial charge in [-0.25, -0.2) is 13.1 Å². The van der Waals surface area contributed by atoms with E-state index in [9.17, 15) is 18.0 Å². The molecule has 0 bridgehead atoms. The van der Waals surface area contributed by atoms with Crippen LogP contribution in [-0.4, -0.2) is 20.2 Å². The Labute approximate surface area is 150 Å². The molecule has 2 N–H and O–H groups in total. The fraction of sp³-hybridized carbons (Fsp3) is 0.222. The number of hydrogen-bond acceptors (Lipinski definition) is 4. The van der Waals surface area contributed by atoms with E-state index >= 15 is 0 Å². The summed E-state index contributed by atoms with van der Waals surface area (Å²) >= 11 is 0. The molecule has 25 heavy (non-hydrogen) atoms. The van der Waals surface area contributed by atoms with Gasteiger partial charge >= 0.3 is 0 Å².